The second-order valence-corrected chi connectivity index (χ2v) is 7.32. The summed E-state index contributed by atoms with van der Waals surface area (Å²) in [5.41, 5.74) is 0.300. The van der Waals surface area contributed by atoms with Gasteiger partial charge in [0.25, 0.3) is 0 Å². The van der Waals surface area contributed by atoms with E-state index >= 15 is 0 Å². The van der Waals surface area contributed by atoms with Crippen LogP contribution in [0.4, 0.5) is 10.5 Å². The summed E-state index contributed by atoms with van der Waals surface area (Å²) in [6.45, 7) is 6.88. The maximum atomic E-state index is 12.2. The summed E-state index contributed by atoms with van der Waals surface area (Å²) in [6, 6.07) is 5.97. The number of para-hydroxylation sites is 1. The third-order valence-corrected chi connectivity index (χ3v) is 4.69. The van der Waals surface area contributed by atoms with Gasteiger partial charge in [0, 0.05) is 6.04 Å². The average Bonchev–Trinajstić information content (AvgIpc) is 2.27. The minimum absolute atomic E-state index is 0.0196. The predicted octanol–water partition coefficient (Wildman–Crippen LogP) is 2.40. The van der Waals surface area contributed by atoms with Gasteiger partial charge >= 0.3 is 6.03 Å². The van der Waals surface area contributed by atoms with Gasteiger partial charge in [-0.1, -0.05) is 12.1 Å². The number of carbonyl (C=O) groups excluding carboxylic acids is 1. The molecule has 1 aromatic carbocycles. The molecule has 0 unspecified atom stereocenters. The molecular formula is C13H20N2O3S. The van der Waals surface area contributed by atoms with Crippen molar-refractivity contribution < 1.29 is 13.2 Å². The van der Waals surface area contributed by atoms with E-state index in [1.807, 2.05) is 13.8 Å². The van der Waals surface area contributed by atoms with Crippen LogP contribution >= 0.6 is 0 Å². The van der Waals surface area contributed by atoms with Crippen LogP contribution in [0.25, 0.3) is 0 Å². The Morgan fingerprint density at radius 3 is 2.21 bits per heavy atom. The zero-order valence-electron chi connectivity index (χ0n) is 11.6. The molecule has 0 aliphatic heterocycles. The Kier molecular flexibility index (Phi) is 4.94. The molecule has 0 aliphatic carbocycles. The molecule has 19 heavy (non-hydrogen) atoms. The fraction of sp³-hybridized carbons (Fsp3) is 0.462. The summed E-state index contributed by atoms with van der Waals surface area (Å²) in [6.07, 6.45) is 0. The first-order valence-corrected chi connectivity index (χ1v) is 7.70. The standard InChI is InChI=1S/C13H20N2O3S/c1-9(2)14-13(16)15-11-7-5-6-8-12(11)19(17,18)10(3)4/h5-10H,1-4H3,(H2,14,15,16). The summed E-state index contributed by atoms with van der Waals surface area (Å²) in [5.74, 6) is 0. The van der Waals surface area contributed by atoms with Crippen LogP contribution in [0, 0.1) is 0 Å². The third-order valence-electron chi connectivity index (χ3n) is 2.48. The van der Waals surface area contributed by atoms with Gasteiger partial charge in [-0.3, -0.25) is 0 Å². The Bertz CT molecular complexity index is 551. The van der Waals surface area contributed by atoms with Gasteiger partial charge in [-0.25, -0.2) is 13.2 Å². The molecule has 2 N–H and O–H groups in total. The highest BCUT2D eigenvalue weighted by Crippen LogP contribution is 2.24. The highest BCUT2D eigenvalue weighted by atomic mass is 32.2. The number of hydrogen-bond donors (Lipinski definition) is 2. The van der Waals surface area contributed by atoms with E-state index < -0.39 is 21.1 Å². The zero-order chi connectivity index (χ0) is 14.6. The van der Waals surface area contributed by atoms with Gasteiger partial charge < -0.3 is 10.6 Å². The van der Waals surface area contributed by atoms with Crippen LogP contribution in [0.15, 0.2) is 29.2 Å². The van der Waals surface area contributed by atoms with Crippen molar-refractivity contribution >= 4 is 21.6 Å². The van der Waals surface area contributed by atoms with Gasteiger partial charge in [0.15, 0.2) is 9.84 Å². The number of amides is 2. The summed E-state index contributed by atoms with van der Waals surface area (Å²) < 4.78 is 24.4. The number of sulfone groups is 1. The molecule has 0 aliphatic rings. The average molecular weight is 284 g/mol. The van der Waals surface area contributed by atoms with Gasteiger partial charge in [-0.05, 0) is 39.8 Å². The van der Waals surface area contributed by atoms with Crippen molar-refractivity contribution in [3.8, 4) is 0 Å². The molecule has 0 fully saturated rings. The number of rotatable bonds is 4. The first-order chi connectivity index (χ1) is 8.75. The molecule has 1 aromatic rings. The molecule has 106 valence electrons. The van der Waals surface area contributed by atoms with Crippen LogP contribution in [-0.2, 0) is 9.84 Å². The number of hydrogen-bond acceptors (Lipinski definition) is 3. The minimum atomic E-state index is -3.42. The van der Waals surface area contributed by atoms with Crippen LogP contribution in [0.1, 0.15) is 27.7 Å². The summed E-state index contributed by atoms with van der Waals surface area (Å²) in [4.78, 5) is 11.8. The lowest BCUT2D eigenvalue weighted by Crippen LogP contribution is -2.34. The predicted molar refractivity (Wildman–Crippen MR) is 76.1 cm³/mol. The quantitative estimate of drug-likeness (QED) is 0.891. The molecular weight excluding hydrogens is 264 g/mol. The maximum Gasteiger partial charge on any atom is 0.319 e. The van der Waals surface area contributed by atoms with E-state index in [2.05, 4.69) is 10.6 Å². The first-order valence-electron chi connectivity index (χ1n) is 6.15. The molecule has 0 spiro atoms. The summed E-state index contributed by atoms with van der Waals surface area (Å²) >= 11 is 0. The molecule has 0 saturated heterocycles. The van der Waals surface area contributed by atoms with Crippen molar-refractivity contribution in [3.05, 3.63) is 24.3 Å². The van der Waals surface area contributed by atoms with Crippen LogP contribution in [0.2, 0.25) is 0 Å². The first kappa shape index (κ1) is 15.5. The second kappa shape index (κ2) is 6.06. The topological polar surface area (TPSA) is 75.3 Å². The van der Waals surface area contributed by atoms with Crippen LogP contribution in [0.3, 0.4) is 0 Å². The van der Waals surface area contributed by atoms with Gasteiger partial charge in [-0.15, -0.1) is 0 Å². The molecule has 0 bridgehead atoms. The number of benzene rings is 1. The number of carbonyl (C=O) groups is 1. The second-order valence-electron chi connectivity index (χ2n) is 4.84. The fourth-order valence-corrected chi connectivity index (χ4v) is 2.69. The number of nitrogens with one attached hydrogen (secondary N) is 2. The third kappa shape index (κ3) is 3.96. The van der Waals surface area contributed by atoms with Crippen molar-refractivity contribution in [1.29, 1.82) is 0 Å². The van der Waals surface area contributed by atoms with Gasteiger partial charge in [0.1, 0.15) is 0 Å². The smallest absolute Gasteiger partial charge is 0.319 e. The largest absolute Gasteiger partial charge is 0.336 e. The normalized spacial score (nSPS) is 11.7. The van der Waals surface area contributed by atoms with Crippen molar-refractivity contribution in [2.45, 2.75) is 43.9 Å². The lowest BCUT2D eigenvalue weighted by atomic mass is 10.3. The molecule has 0 saturated carbocycles. The Labute approximate surface area is 114 Å². The highest BCUT2D eigenvalue weighted by molar-refractivity contribution is 7.92. The van der Waals surface area contributed by atoms with E-state index in [9.17, 15) is 13.2 Å². The maximum absolute atomic E-state index is 12.2. The Balaban J connectivity index is 3.07. The Morgan fingerprint density at radius 2 is 1.68 bits per heavy atom. The molecule has 5 nitrogen and oxygen atoms in total. The lowest BCUT2D eigenvalue weighted by Gasteiger charge is -2.15. The summed E-state index contributed by atoms with van der Waals surface area (Å²) in [7, 11) is -3.42. The Morgan fingerprint density at radius 1 is 1.11 bits per heavy atom. The van der Waals surface area contributed by atoms with Crippen LogP contribution in [0.5, 0.6) is 0 Å². The molecule has 0 radical (unpaired) electrons. The van der Waals surface area contributed by atoms with E-state index in [4.69, 9.17) is 0 Å². The molecule has 0 atom stereocenters. The van der Waals surface area contributed by atoms with Gasteiger partial charge in [0.05, 0.1) is 15.8 Å². The van der Waals surface area contributed by atoms with E-state index in [-0.39, 0.29) is 10.9 Å². The monoisotopic (exact) mass is 284 g/mol. The molecule has 6 heteroatoms. The SMILES string of the molecule is CC(C)NC(=O)Nc1ccccc1S(=O)(=O)C(C)C. The summed E-state index contributed by atoms with van der Waals surface area (Å²) in [5, 5.41) is 4.69. The van der Waals surface area contributed by atoms with E-state index in [1.54, 1.807) is 32.0 Å². The zero-order valence-corrected chi connectivity index (χ0v) is 12.4. The Hall–Kier alpha value is -1.56. The molecule has 0 heterocycles. The van der Waals surface area contributed by atoms with Crippen molar-refractivity contribution in [2.75, 3.05) is 5.32 Å². The highest BCUT2D eigenvalue weighted by Gasteiger charge is 2.23. The van der Waals surface area contributed by atoms with Gasteiger partial charge in [0.2, 0.25) is 0 Å². The van der Waals surface area contributed by atoms with E-state index in [0.29, 0.717) is 5.69 Å². The molecule has 1 rings (SSSR count). The van der Waals surface area contributed by atoms with Crippen LogP contribution < -0.4 is 10.6 Å². The molecule has 0 aromatic heterocycles. The van der Waals surface area contributed by atoms with Crippen molar-refractivity contribution in [1.82, 2.24) is 5.32 Å². The van der Waals surface area contributed by atoms with E-state index in [1.165, 1.54) is 6.07 Å². The van der Waals surface area contributed by atoms with Gasteiger partial charge in [-0.2, -0.15) is 0 Å². The number of urea groups is 1. The number of anilines is 1. The van der Waals surface area contributed by atoms with Crippen molar-refractivity contribution in [3.63, 3.8) is 0 Å². The van der Waals surface area contributed by atoms with Crippen LogP contribution in [-0.4, -0.2) is 25.7 Å². The lowest BCUT2D eigenvalue weighted by molar-refractivity contribution is 0.250. The minimum Gasteiger partial charge on any atom is -0.336 e. The molecule has 2 amide bonds. The fourth-order valence-electron chi connectivity index (χ4n) is 1.49. The van der Waals surface area contributed by atoms with E-state index in [0.717, 1.165) is 0 Å². The van der Waals surface area contributed by atoms with Crippen molar-refractivity contribution in [2.24, 2.45) is 0 Å².